The lowest BCUT2D eigenvalue weighted by molar-refractivity contribution is 0.281. The number of hydrogen-bond acceptors (Lipinski definition) is 5. The summed E-state index contributed by atoms with van der Waals surface area (Å²) >= 11 is 6.14. The maximum atomic E-state index is 14.5. The van der Waals surface area contributed by atoms with Crippen LogP contribution >= 0.6 is 11.6 Å². The Bertz CT molecular complexity index is 1050. The molecule has 156 valence electrons. The summed E-state index contributed by atoms with van der Waals surface area (Å²) in [5, 5.41) is 9.46. The number of anilines is 1. The highest BCUT2D eigenvalue weighted by Gasteiger charge is 2.31. The zero-order valence-corrected chi connectivity index (χ0v) is 17.6. The molecule has 0 bridgehead atoms. The first-order valence-corrected chi connectivity index (χ1v) is 10.7. The summed E-state index contributed by atoms with van der Waals surface area (Å²) in [7, 11) is 0. The van der Waals surface area contributed by atoms with Gasteiger partial charge >= 0.3 is 0 Å². The van der Waals surface area contributed by atoms with Crippen molar-refractivity contribution in [3.05, 3.63) is 75.7 Å². The van der Waals surface area contributed by atoms with E-state index in [1.807, 2.05) is 0 Å². The molecule has 0 radical (unpaired) electrons. The molecule has 4 N–H and O–H groups in total. The zero-order valence-electron chi connectivity index (χ0n) is 16.9. The number of rotatable bonds is 3. The topological polar surface area (TPSA) is 51.4 Å². The first-order chi connectivity index (χ1) is 14.6. The first-order valence-electron chi connectivity index (χ1n) is 10.4. The van der Waals surface area contributed by atoms with Crippen LogP contribution in [-0.4, -0.2) is 24.6 Å². The van der Waals surface area contributed by atoms with Crippen LogP contribution in [0, 0.1) is 5.82 Å². The Kier molecular flexibility index (Phi) is 5.15. The fourth-order valence-electron chi connectivity index (χ4n) is 4.49. The summed E-state index contributed by atoms with van der Waals surface area (Å²) in [5.74, 6) is -0.293. The molecule has 0 spiro atoms. The number of hydrazine groups is 2. The van der Waals surface area contributed by atoms with Gasteiger partial charge in [0.25, 0.3) is 0 Å². The molecule has 2 aromatic rings. The third-order valence-corrected chi connectivity index (χ3v) is 6.25. The van der Waals surface area contributed by atoms with Crippen molar-refractivity contribution in [2.45, 2.75) is 25.8 Å². The number of nitrogens with one attached hydrogen (secondary N) is 4. The molecule has 3 heterocycles. The van der Waals surface area contributed by atoms with E-state index in [1.54, 1.807) is 12.1 Å². The Labute approximate surface area is 180 Å². The van der Waals surface area contributed by atoms with Crippen LogP contribution in [0.3, 0.4) is 0 Å². The van der Waals surface area contributed by atoms with E-state index in [-0.39, 0.29) is 11.9 Å². The predicted molar refractivity (Wildman–Crippen MR) is 120 cm³/mol. The predicted octanol–water partition coefficient (Wildman–Crippen LogP) is 4.43. The van der Waals surface area contributed by atoms with Crippen molar-refractivity contribution in [3.8, 4) is 0 Å². The van der Waals surface area contributed by atoms with Gasteiger partial charge in [-0.05, 0) is 67.3 Å². The number of fused-ring (bicyclic) bond motifs is 3. The maximum Gasteiger partial charge on any atom is 0.146 e. The van der Waals surface area contributed by atoms with Gasteiger partial charge in [-0.25, -0.2) is 4.39 Å². The summed E-state index contributed by atoms with van der Waals surface area (Å²) in [6.07, 6.45) is 4.09. The quantitative estimate of drug-likeness (QED) is 0.586. The molecule has 0 fully saturated rings. The van der Waals surface area contributed by atoms with Crippen molar-refractivity contribution in [3.63, 3.8) is 0 Å². The molecule has 5 rings (SSSR count). The number of allylic oxidation sites excluding steroid dienone is 1. The van der Waals surface area contributed by atoms with Crippen molar-refractivity contribution < 1.29 is 4.39 Å². The number of halogens is 2. The molecular formula is C23H25ClFN5. The van der Waals surface area contributed by atoms with Crippen molar-refractivity contribution in [1.29, 1.82) is 0 Å². The lowest BCUT2D eigenvalue weighted by Crippen LogP contribution is -2.38. The Morgan fingerprint density at radius 1 is 1.20 bits per heavy atom. The summed E-state index contributed by atoms with van der Waals surface area (Å²) < 4.78 is 14.5. The second kappa shape index (κ2) is 7.95. The monoisotopic (exact) mass is 425 g/mol. The van der Waals surface area contributed by atoms with Gasteiger partial charge in [-0.2, -0.15) is 0 Å². The van der Waals surface area contributed by atoms with E-state index in [0.717, 1.165) is 49.4 Å². The summed E-state index contributed by atoms with van der Waals surface area (Å²) in [4.78, 5) is 0. The van der Waals surface area contributed by atoms with Gasteiger partial charge in [-0.15, -0.1) is 5.53 Å². The van der Waals surface area contributed by atoms with E-state index in [2.05, 4.69) is 57.8 Å². The second-order valence-electron chi connectivity index (χ2n) is 7.96. The van der Waals surface area contributed by atoms with Gasteiger partial charge in [0.15, 0.2) is 0 Å². The van der Waals surface area contributed by atoms with Crippen molar-refractivity contribution >= 4 is 28.6 Å². The molecule has 5 nitrogen and oxygen atoms in total. The van der Waals surface area contributed by atoms with Crippen LogP contribution in [0.25, 0.3) is 11.3 Å². The molecule has 0 aromatic heterocycles. The highest BCUT2D eigenvalue weighted by atomic mass is 35.5. The average Bonchev–Trinajstić information content (AvgIpc) is 3.06. The molecule has 0 amide bonds. The standard InChI is InChI=1S/C23H25ClFN5/c1-14-23-18-4-2-16(15-6-9-26-10-7-15)12-19(18)21(8-11-30(23)29-28-14)27-22-13-17(24)3-5-20(22)25/h2-6,12-13,21,26-29H,7-11H2,1H3. The molecule has 7 heteroatoms. The van der Waals surface area contributed by atoms with Crippen molar-refractivity contribution in [2.24, 2.45) is 0 Å². The SMILES string of the molecule is CC1=C2c3ccc(C4=CCNCC4)cc3C(Nc3cc(Cl)ccc3F)CCN2NN1. The molecular weight excluding hydrogens is 401 g/mol. The fraction of sp³-hybridized carbons (Fsp3) is 0.304. The van der Waals surface area contributed by atoms with Crippen LogP contribution in [0.15, 0.2) is 48.2 Å². The summed E-state index contributed by atoms with van der Waals surface area (Å²) in [5.41, 5.74) is 14.1. The molecule has 30 heavy (non-hydrogen) atoms. The van der Waals surface area contributed by atoms with E-state index in [9.17, 15) is 4.39 Å². The Hall–Kier alpha value is -2.54. The van der Waals surface area contributed by atoms with E-state index in [0.29, 0.717) is 10.7 Å². The Morgan fingerprint density at radius 2 is 2.10 bits per heavy atom. The number of benzene rings is 2. The lowest BCUT2D eigenvalue weighted by atomic mass is 9.91. The maximum absolute atomic E-state index is 14.5. The minimum absolute atomic E-state index is 0.0390. The zero-order chi connectivity index (χ0) is 20.7. The Balaban J connectivity index is 1.60. The van der Waals surface area contributed by atoms with Gasteiger partial charge in [-0.1, -0.05) is 29.8 Å². The molecule has 0 aliphatic carbocycles. The highest BCUT2D eigenvalue weighted by molar-refractivity contribution is 6.30. The van der Waals surface area contributed by atoms with Crippen molar-refractivity contribution in [1.82, 2.24) is 21.3 Å². The summed E-state index contributed by atoms with van der Waals surface area (Å²) in [6, 6.07) is 11.3. The molecule has 2 aromatic carbocycles. The van der Waals surface area contributed by atoms with Crippen molar-refractivity contribution in [2.75, 3.05) is 25.0 Å². The van der Waals surface area contributed by atoms with E-state index < -0.39 is 0 Å². The molecule has 1 atom stereocenters. The van der Waals surface area contributed by atoms with Gasteiger partial charge in [-0.3, -0.25) is 5.01 Å². The third-order valence-electron chi connectivity index (χ3n) is 6.02. The molecule has 0 saturated carbocycles. The third kappa shape index (κ3) is 3.55. The minimum atomic E-state index is -0.293. The second-order valence-corrected chi connectivity index (χ2v) is 8.39. The van der Waals surface area contributed by atoms with E-state index >= 15 is 0 Å². The van der Waals surface area contributed by atoms with Crippen LogP contribution in [0.1, 0.15) is 42.5 Å². The van der Waals surface area contributed by atoms with E-state index in [4.69, 9.17) is 11.6 Å². The molecule has 3 aliphatic heterocycles. The smallest absolute Gasteiger partial charge is 0.146 e. The van der Waals surface area contributed by atoms with Gasteiger partial charge in [0.1, 0.15) is 5.82 Å². The lowest BCUT2D eigenvalue weighted by Gasteiger charge is -2.23. The molecule has 3 aliphatic rings. The molecule has 1 unspecified atom stereocenters. The molecule has 0 saturated heterocycles. The normalized spacial score (nSPS) is 20.8. The number of hydrogen-bond donors (Lipinski definition) is 4. The fourth-order valence-corrected chi connectivity index (χ4v) is 4.67. The van der Waals surface area contributed by atoms with Gasteiger partial charge in [0.05, 0.1) is 23.1 Å². The van der Waals surface area contributed by atoms with Gasteiger partial charge in [0.2, 0.25) is 0 Å². The number of nitrogens with zero attached hydrogens (tertiary/aromatic N) is 1. The van der Waals surface area contributed by atoms with Crippen LogP contribution in [0.5, 0.6) is 0 Å². The highest BCUT2D eigenvalue weighted by Crippen LogP contribution is 2.39. The first kappa shape index (κ1) is 19.4. The van der Waals surface area contributed by atoms with Gasteiger partial charge in [0, 0.05) is 23.7 Å². The Morgan fingerprint density at radius 3 is 2.93 bits per heavy atom. The largest absolute Gasteiger partial charge is 0.376 e. The minimum Gasteiger partial charge on any atom is -0.376 e. The average molecular weight is 426 g/mol. The van der Waals surface area contributed by atoms with Gasteiger partial charge < -0.3 is 16.1 Å². The van der Waals surface area contributed by atoms with Crippen LogP contribution in [0.2, 0.25) is 5.02 Å². The van der Waals surface area contributed by atoms with Crippen LogP contribution in [-0.2, 0) is 0 Å². The van der Waals surface area contributed by atoms with E-state index in [1.165, 1.54) is 22.8 Å². The van der Waals surface area contributed by atoms with Crippen LogP contribution in [0.4, 0.5) is 10.1 Å². The van der Waals surface area contributed by atoms with Crippen LogP contribution < -0.4 is 21.6 Å². The summed E-state index contributed by atoms with van der Waals surface area (Å²) in [6.45, 7) is 4.74.